The summed E-state index contributed by atoms with van der Waals surface area (Å²) in [6.07, 6.45) is 1.18. The molecule has 0 saturated carbocycles. The van der Waals surface area contributed by atoms with Gasteiger partial charge >= 0.3 is 5.97 Å². The Hall–Kier alpha value is -1.17. The van der Waals surface area contributed by atoms with Gasteiger partial charge in [0.2, 0.25) is 0 Å². The Balaban J connectivity index is 2.11. The van der Waals surface area contributed by atoms with E-state index in [9.17, 15) is 4.79 Å². The number of aromatic nitrogens is 1. The van der Waals surface area contributed by atoms with Gasteiger partial charge in [-0.25, -0.2) is 4.79 Å². The van der Waals surface area contributed by atoms with Crippen molar-refractivity contribution >= 4 is 23.7 Å². The predicted molar refractivity (Wildman–Crippen MR) is 53.0 cm³/mol. The van der Waals surface area contributed by atoms with Crippen LogP contribution in [0.3, 0.4) is 0 Å². The number of hydrogen-bond acceptors (Lipinski definition) is 5. The maximum Gasteiger partial charge on any atom is 0.357 e. The monoisotopic (exact) mass is 214 g/mol. The normalized spacial score (nSPS) is 17.0. The molecule has 76 valence electrons. The number of aromatic carboxylic acids is 1. The van der Waals surface area contributed by atoms with E-state index < -0.39 is 5.97 Å². The van der Waals surface area contributed by atoms with Gasteiger partial charge in [0, 0.05) is 24.6 Å². The van der Waals surface area contributed by atoms with E-state index in [1.807, 2.05) is 16.7 Å². The van der Waals surface area contributed by atoms with Crippen LogP contribution < -0.4 is 4.90 Å². The van der Waals surface area contributed by atoms with Crippen molar-refractivity contribution in [2.24, 2.45) is 0 Å². The van der Waals surface area contributed by atoms with Crippen LogP contribution in [-0.2, 0) is 0 Å². The van der Waals surface area contributed by atoms with Crippen molar-refractivity contribution < 1.29 is 14.3 Å². The SMILES string of the molecule is O=C(O)c1coc(N2CCSCC2)n1. The number of nitrogens with zero attached hydrogens (tertiary/aromatic N) is 2. The molecule has 1 aliphatic rings. The lowest BCUT2D eigenvalue weighted by atomic mass is 10.5. The summed E-state index contributed by atoms with van der Waals surface area (Å²) in [6, 6.07) is 0.419. The molecule has 1 aromatic rings. The number of oxazole rings is 1. The minimum atomic E-state index is -1.05. The fraction of sp³-hybridized carbons (Fsp3) is 0.500. The molecule has 2 rings (SSSR count). The van der Waals surface area contributed by atoms with Gasteiger partial charge in [-0.15, -0.1) is 0 Å². The van der Waals surface area contributed by atoms with Gasteiger partial charge in [-0.05, 0) is 0 Å². The van der Waals surface area contributed by atoms with Crippen molar-refractivity contribution in [2.75, 3.05) is 29.5 Å². The predicted octanol–water partition coefficient (Wildman–Crippen LogP) is 0.926. The van der Waals surface area contributed by atoms with Crippen LogP contribution in [0.15, 0.2) is 10.7 Å². The molecule has 6 heteroatoms. The molecule has 1 fully saturated rings. The summed E-state index contributed by atoms with van der Waals surface area (Å²) in [4.78, 5) is 16.4. The smallest absolute Gasteiger partial charge is 0.357 e. The number of carboxylic acid groups (broad SMARTS) is 1. The lowest BCUT2D eigenvalue weighted by molar-refractivity contribution is 0.0690. The van der Waals surface area contributed by atoms with Crippen molar-refractivity contribution in [3.8, 4) is 0 Å². The fourth-order valence-corrected chi connectivity index (χ4v) is 2.17. The first-order chi connectivity index (χ1) is 6.77. The van der Waals surface area contributed by atoms with Crippen molar-refractivity contribution in [1.82, 2.24) is 4.98 Å². The van der Waals surface area contributed by atoms with Crippen molar-refractivity contribution in [2.45, 2.75) is 0 Å². The molecule has 0 amide bonds. The summed E-state index contributed by atoms with van der Waals surface area (Å²) in [5, 5.41) is 8.65. The van der Waals surface area contributed by atoms with Gasteiger partial charge in [-0.1, -0.05) is 0 Å². The molecule has 2 heterocycles. The lowest BCUT2D eigenvalue weighted by Crippen LogP contribution is -2.32. The first kappa shape index (κ1) is 9.39. The first-order valence-electron chi connectivity index (χ1n) is 4.29. The second-order valence-corrected chi connectivity index (χ2v) is 4.14. The van der Waals surface area contributed by atoms with Gasteiger partial charge < -0.3 is 14.4 Å². The van der Waals surface area contributed by atoms with Crippen LogP contribution in [0.25, 0.3) is 0 Å². The zero-order valence-corrected chi connectivity index (χ0v) is 8.29. The average molecular weight is 214 g/mol. The Kier molecular flexibility index (Phi) is 2.62. The molecule has 0 aliphatic carbocycles. The second kappa shape index (κ2) is 3.91. The standard InChI is InChI=1S/C8H10N2O3S/c11-7(12)6-5-13-8(9-6)10-1-3-14-4-2-10/h5H,1-4H2,(H,11,12). The van der Waals surface area contributed by atoms with E-state index in [1.54, 1.807) is 0 Å². The maximum absolute atomic E-state index is 10.6. The number of thioether (sulfide) groups is 1. The van der Waals surface area contributed by atoms with Gasteiger partial charge in [-0.2, -0.15) is 16.7 Å². The van der Waals surface area contributed by atoms with Gasteiger partial charge in [0.05, 0.1) is 0 Å². The third-order valence-electron chi connectivity index (χ3n) is 1.99. The Morgan fingerprint density at radius 3 is 2.86 bits per heavy atom. The van der Waals surface area contributed by atoms with E-state index in [0.717, 1.165) is 24.6 Å². The second-order valence-electron chi connectivity index (χ2n) is 2.92. The molecule has 1 saturated heterocycles. The number of carbonyl (C=O) groups is 1. The summed E-state index contributed by atoms with van der Waals surface area (Å²) in [6.45, 7) is 1.73. The molecule has 1 aromatic heterocycles. The van der Waals surface area contributed by atoms with E-state index in [2.05, 4.69) is 4.98 Å². The zero-order chi connectivity index (χ0) is 9.97. The molecule has 5 nitrogen and oxygen atoms in total. The molecule has 1 aliphatic heterocycles. The minimum absolute atomic E-state index is 0.0294. The van der Waals surface area contributed by atoms with Gasteiger partial charge in [0.25, 0.3) is 6.01 Å². The first-order valence-corrected chi connectivity index (χ1v) is 5.44. The van der Waals surface area contributed by atoms with E-state index in [-0.39, 0.29) is 5.69 Å². The van der Waals surface area contributed by atoms with Crippen molar-refractivity contribution in [3.63, 3.8) is 0 Å². The third kappa shape index (κ3) is 1.84. The van der Waals surface area contributed by atoms with Crippen LogP contribution in [0, 0.1) is 0 Å². The van der Waals surface area contributed by atoms with E-state index >= 15 is 0 Å². The number of rotatable bonds is 2. The van der Waals surface area contributed by atoms with E-state index in [4.69, 9.17) is 9.52 Å². The quantitative estimate of drug-likeness (QED) is 0.789. The Labute approximate surface area is 85.1 Å². The van der Waals surface area contributed by atoms with Crippen LogP contribution in [0.1, 0.15) is 10.5 Å². The number of hydrogen-bond donors (Lipinski definition) is 1. The third-order valence-corrected chi connectivity index (χ3v) is 2.94. The molecular formula is C8H10N2O3S. The topological polar surface area (TPSA) is 66.6 Å². The molecule has 0 radical (unpaired) electrons. The van der Waals surface area contributed by atoms with Crippen LogP contribution in [0.2, 0.25) is 0 Å². The van der Waals surface area contributed by atoms with Crippen LogP contribution in [0.5, 0.6) is 0 Å². The van der Waals surface area contributed by atoms with E-state index in [0.29, 0.717) is 6.01 Å². The van der Waals surface area contributed by atoms with Gasteiger partial charge in [0.1, 0.15) is 6.26 Å². The van der Waals surface area contributed by atoms with Crippen LogP contribution >= 0.6 is 11.8 Å². The molecule has 14 heavy (non-hydrogen) atoms. The van der Waals surface area contributed by atoms with E-state index in [1.165, 1.54) is 6.26 Å². The Morgan fingerprint density at radius 1 is 1.57 bits per heavy atom. The van der Waals surface area contributed by atoms with Crippen LogP contribution in [-0.4, -0.2) is 40.7 Å². The zero-order valence-electron chi connectivity index (χ0n) is 7.47. The average Bonchev–Trinajstić information content (AvgIpc) is 2.68. The minimum Gasteiger partial charge on any atom is -0.476 e. The summed E-state index contributed by atoms with van der Waals surface area (Å²) in [5.41, 5.74) is -0.0294. The maximum atomic E-state index is 10.6. The summed E-state index contributed by atoms with van der Waals surface area (Å²) in [7, 11) is 0. The Bertz CT molecular complexity index is 333. The highest BCUT2D eigenvalue weighted by molar-refractivity contribution is 7.99. The van der Waals surface area contributed by atoms with Gasteiger partial charge in [0.15, 0.2) is 5.69 Å². The molecular weight excluding hydrogens is 204 g/mol. The largest absolute Gasteiger partial charge is 0.476 e. The highest BCUT2D eigenvalue weighted by Crippen LogP contribution is 2.18. The molecule has 0 atom stereocenters. The van der Waals surface area contributed by atoms with Crippen molar-refractivity contribution in [3.05, 3.63) is 12.0 Å². The number of carboxylic acids is 1. The number of anilines is 1. The molecule has 0 spiro atoms. The molecule has 0 unspecified atom stereocenters. The highest BCUT2D eigenvalue weighted by atomic mass is 32.2. The molecule has 0 bridgehead atoms. The Morgan fingerprint density at radius 2 is 2.29 bits per heavy atom. The van der Waals surface area contributed by atoms with Gasteiger partial charge in [-0.3, -0.25) is 0 Å². The molecule has 1 N–H and O–H groups in total. The molecule has 0 aromatic carbocycles. The van der Waals surface area contributed by atoms with Crippen molar-refractivity contribution in [1.29, 1.82) is 0 Å². The highest BCUT2D eigenvalue weighted by Gasteiger charge is 2.18. The fourth-order valence-electron chi connectivity index (χ4n) is 1.26. The summed E-state index contributed by atoms with van der Waals surface area (Å²) >= 11 is 1.88. The summed E-state index contributed by atoms with van der Waals surface area (Å²) < 4.78 is 5.09. The summed E-state index contributed by atoms with van der Waals surface area (Å²) in [5.74, 6) is 1.02. The van der Waals surface area contributed by atoms with Crippen LogP contribution in [0.4, 0.5) is 6.01 Å². The lowest BCUT2D eigenvalue weighted by Gasteiger charge is -2.24.